The van der Waals surface area contributed by atoms with Gasteiger partial charge in [0.2, 0.25) is 11.8 Å². The number of amides is 2. The molecule has 2 N–H and O–H groups in total. The van der Waals surface area contributed by atoms with Crippen molar-refractivity contribution < 1.29 is 14.3 Å². The van der Waals surface area contributed by atoms with E-state index in [0.717, 1.165) is 5.75 Å². The highest BCUT2D eigenvalue weighted by Crippen LogP contribution is 2.24. The van der Waals surface area contributed by atoms with E-state index in [2.05, 4.69) is 43.5 Å². The number of ether oxygens (including phenoxy) is 1. The summed E-state index contributed by atoms with van der Waals surface area (Å²) in [5.41, 5.74) is 1.40. The fourth-order valence-corrected chi connectivity index (χ4v) is 2.00. The normalized spacial score (nSPS) is 11.0. The lowest BCUT2D eigenvalue weighted by molar-refractivity contribution is -0.122. The third-order valence-corrected chi connectivity index (χ3v) is 3.36. The second-order valence-electron chi connectivity index (χ2n) is 6.56. The van der Waals surface area contributed by atoms with Crippen LogP contribution in [0.1, 0.15) is 46.1 Å². The van der Waals surface area contributed by atoms with E-state index in [1.807, 2.05) is 12.1 Å². The third-order valence-electron chi connectivity index (χ3n) is 3.36. The standard InChI is InChI=1S/C18H28N2O3/c1-14(21)19-11-12-20-17(22)6-5-13-23-16-9-7-15(8-10-16)18(2,3)4/h7-10H,5-6,11-13H2,1-4H3,(H,19,21)(H,20,22). The smallest absolute Gasteiger partial charge is 0.220 e. The van der Waals surface area contributed by atoms with Crippen LogP contribution in [0.5, 0.6) is 5.75 Å². The van der Waals surface area contributed by atoms with Crippen molar-refractivity contribution in [3.63, 3.8) is 0 Å². The summed E-state index contributed by atoms with van der Waals surface area (Å²) in [7, 11) is 0. The van der Waals surface area contributed by atoms with Crippen LogP contribution < -0.4 is 15.4 Å². The van der Waals surface area contributed by atoms with E-state index >= 15 is 0 Å². The second-order valence-corrected chi connectivity index (χ2v) is 6.56. The molecule has 5 heteroatoms. The molecule has 0 aliphatic carbocycles. The van der Waals surface area contributed by atoms with Crippen molar-refractivity contribution in [2.75, 3.05) is 19.7 Å². The Morgan fingerprint density at radius 3 is 2.22 bits per heavy atom. The average molecular weight is 320 g/mol. The van der Waals surface area contributed by atoms with Crippen molar-refractivity contribution in [3.05, 3.63) is 29.8 Å². The molecule has 0 spiro atoms. The minimum absolute atomic E-state index is 0.0259. The van der Waals surface area contributed by atoms with E-state index < -0.39 is 0 Å². The second kappa shape index (κ2) is 9.18. The Labute approximate surface area is 138 Å². The molecule has 1 aromatic rings. The Hall–Kier alpha value is -2.04. The molecule has 0 aromatic heterocycles. The Morgan fingerprint density at radius 2 is 1.65 bits per heavy atom. The van der Waals surface area contributed by atoms with Crippen LogP contribution in [0.15, 0.2) is 24.3 Å². The number of hydrogen-bond donors (Lipinski definition) is 2. The van der Waals surface area contributed by atoms with Crippen LogP contribution in [0.4, 0.5) is 0 Å². The minimum Gasteiger partial charge on any atom is -0.494 e. The van der Waals surface area contributed by atoms with Gasteiger partial charge in [0, 0.05) is 26.4 Å². The van der Waals surface area contributed by atoms with Crippen LogP contribution in [-0.4, -0.2) is 31.5 Å². The number of carbonyl (C=O) groups is 2. The highest BCUT2D eigenvalue weighted by atomic mass is 16.5. The van der Waals surface area contributed by atoms with Gasteiger partial charge < -0.3 is 15.4 Å². The molecule has 0 saturated carbocycles. The molecule has 0 fully saturated rings. The molecule has 0 saturated heterocycles. The SMILES string of the molecule is CC(=O)NCCNC(=O)CCCOc1ccc(C(C)(C)C)cc1. The molecule has 0 bridgehead atoms. The lowest BCUT2D eigenvalue weighted by Gasteiger charge is -2.19. The lowest BCUT2D eigenvalue weighted by Crippen LogP contribution is -2.33. The molecule has 0 atom stereocenters. The molecule has 0 aliphatic rings. The molecular weight excluding hydrogens is 292 g/mol. The minimum atomic E-state index is -0.0925. The number of benzene rings is 1. The Morgan fingerprint density at radius 1 is 1.04 bits per heavy atom. The van der Waals surface area contributed by atoms with E-state index in [4.69, 9.17) is 4.74 Å². The molecule has 0 heterocycles. The summed E-state index contributed by atoms with van der Waals surface area (Å²) in [6.45, 7) is 9.39. The van der Waals surface area contributed by atoms with Crippen LogP contribution in [0.25, 0.3) is 0 Å². The van der Waals surface area contributed by atoms with E-state index in [0.29, 0.717) is 32.5 Å². The zero-order valence-electron chi connectivity index (χ0n) is 14.6. The topological polar surface area (TPSA) is 67.4 Å². The number of carbonyl (C=O) groups excluding carboxylic acids is 2. The zero-order valence-corrected chi connectivity index (χ0v) is 14.6. The highest BCUT2D eigenvalue weighted by molar-refractivity contribution is 5.76. The van der Waals surface area contributed by atoms with Crippen molar-refractivity contribution in [2.24, 2.45) is 0 Å². The van der Waals surface area contributed by atoms with Crippen molar-refractivity contribution >= 4 is 11.8 Å². The van der Waals surface area contributed by atoms with Gasteiger partial charge >= 0.3 is 0 Å². The maximum Gasteiger partial charge on any atom is 0.220 e. The van der Waals surface area contributed by atoms with Crippen LogP contribution in [0, 0.1) is 0 Å². The first-order valence-electron chi connectivity index (χ1n) is 8.03. The lowest BCUT2D eigenvalue weighted by atomic mass is 9.87. The first-order chi connectivity index (χ1) is 10.8. The monoisotopic (exact) mass is 320 g/mol. The van der Waals surface area contributed by atoms with E-state index in [1.165, 1.54) is 12.5 Å². The number of nitrogens with one attached hydrogen (secondary N) is 2. The maximum atomic E-state index is 11.6. The molecular formula is C18H28N2O3. The number of rotatable bonds is 8. The van der Waals surface area contributed by atoms with Gasteiger partial charge in [-0.25, -0.2) is 0 Å². The van der Waals surface area contributed by atoms with Crippen LogP contribution in [0.3, 0.4) is 0 Å². The maximum absolute atomic E-state index is 11.6. The summed E-state index contributed by atoms with van der Waals surface area (Å²) >= 11 is 0. The van der Waals surface area contributed by atoms with E-state index in [9.17, 15) is 9.59 Å². The van der Waals surface area contributed by atoms with Gasteiger partial charge in [0.05, 0.1) is 6.61 Å². The van der Waals surface area contributed by atoms with Gasteiger partial charge in [0.1, 0.15) is 5.75 Å². The largest absolute Gasteiger partial charge is 0.494 e. The molecule has 0 radical (unpaired) electrons. The molecule has 2 amide bonds. The zero-order chi connectivity index (χ0) is 17.3. The summed E-state index contributed by atoms with van der Waals surface area (Å²) in [6, 6.07) is 8.08. The van der Waals surface area contributed by atoms with Gasteiger partial charge in [-0.15, -0.1) is 0 Å². The van der Waals surface area contributed by atoms with Gasteiger partial charge in [-0.05, 0) is 29.5 Å². The van der Waals surface area contributed by atoms with E-state index in [-0.39, 0.29) is 17.2 Å². The summed E-state index contributed by atoms with van der Waals surface area (Å²) in [5.74, 6) is 0.705. The molecule has 128 valence electrons. The predicted molar refractivity (Wildman–Crippen MR) is 91.6 cm³/mol. The molecule has 5 nitrogen and oxygen atoms in total. The van der Waals surface area contributed by atoms with Crippen LogP contribution >= 0.6 is 0 Å². The molecule has 0 aliphatic heterocycles. The molecule has 1 aromatic carbocycles. The quantitative estimate of drug-likeness (QED) is 0.723. The fraction of sp³-hybridized carbons (Fsp3) is 0.556. The summed E-state index contributed by atoms with van der Waals surface area (Å²) < 4.78 is 5.64. The Balaban J connectivity index is 2.17. The van der Waals surface area contributed by atoms with Gasteiger partial charge in [-0.1, -0.05) is 32.9 Å². The van der Waals surface area contributed by atoms with Crippen LogP contribution in [0.2, 0.25) is 0 Å². The number of hydrogen-bond acceptors (Lipinski definition) is 3. The first-order valence-corrected chi connectivity index (χ1v) is 8.03. The van der Waals surface area contributed by atoms with E-state index in [1.54, 1.807) is 0 Å². The molecule has 1 rings (SSSR count). The van der Waals surface area contributed by atoms with Crippen LogP contribution in [-0.2, 0) is 15.0 Å². The van der Waals surface area contributed by atoms with Crippen molar-refractivity contribution in [3.8, 4) is 5.75 Å². The summed E-state index contributed by atoms with van der Waals surface area (Å²) in [5, 5.41) is 5.38. The molecule has 23 heavy (non-hydrogen) atoms. The van der Waals surface area contributed by atoms with Gasteiger partial charge in [-0.3, -0.25) is 9.59 Å². The predicted octanol–water partition coefficient (Wildman–Crippen LogP) is 2.40. The summed E-state index contributed by atoms with van der Waals surface area (Å²) in [6.07, 6.45) is 1.08. The van der Waals surface area contributed by atoms with Gasteiger partial charge in [0.25, 0.3) is 0 Å². The molecule has 0 unspecified atom stereocenters. The first kappa shape index (κ1) is 19.0. The van der Waals surface area contributed by atoms with Crippen molar-refractivity contribution in [1.82, 2.24) is 10.6 Å². The summed E-state index contributed by atoms with van der Waals surface area (Å²) in [4.78, 5) is 22.2. The fourth-order valence-electron chi connectivity index (χ4n) is 2.00. The third kappa shape index (κ3) is 8.24. The Kier molecular flexibility index (Phi) is 7.59. The van der Waals surface area contributed by atoms with Crippen molar-refractivity contribution in [2.45, 2.75) is 46.0 Å². The Bertz CT molecular complexity index is 504. The van der Waals surface area contributed by atoms with Gasteiger partial charge in [-0.2, -0.15) is 0 Å². The van der Waals surface area contributed by atoms with Gasteiger partial charge in [0.15, 0.2) is 0 Å². The van der Waals surface area contributed by atoms with Crippen molar-refractivity contribution in [1.29, 1.82) is 0 Å². The highest BCUT2D eigenvalue weighted by Gasteiger charge is 2.12. The average Bonchev–Trinajstić information content (AvgIpc) is 2.47.